The zero-order chi connectivity index (χ0) is 22.7. The Morgan fingerprint density at radius 2 is 2.00 bits per heavy atom. The van der Waals surface area contributed by atoms with E-state index in [-0.39, 0.29) is 30.3 Å². The number of esters is 1. The number of halogens is 2. The van der Waals surface area contributed by atoms with Crippen LogP contribution in [0.5, 0.6) is 0 Å². The fourth-order valence-corrected chi connectivity index (χ4v) is 4.83. The highest BCUT2D eigenvalue weighted by Crippen LogP contribution is 2.33. The molecule has 7 heteroatoms. The maximum atomic E-state index is 14.0. The second kappa shape index (κ2) is 10.0. The zero-order valence-electron chi connectivity index (χ0n) is 18.0. The molecule has 1 aliphatic carbocycles. The number of nitrogens with one attached hydrogen (secondary N) is 1. The first kappa shape index (κ1) is 22.8. The number of ether oxygens (including phenoxy) is 1. The van der Waals surface area contributed by atoms with Gasteiger partial charge in [0.05, 0.1) is 6.61 Å². The summed E-state index contributed by atoms with van der Waals surface area (Å²) in [6.45, 7) is 2.21. The molecule has 0 saturated heterocycles. The van der Waals surface area contributed by atoms with E-state index in [4.69, 9.17) is 4.74 Å². The minimum Gasteiger partial charge on any atom is -0.465 e. The van der Waals surface area contributed by atoms with Gasteiger partial charge in [-0.15, -0.1) is 0 Å². The summed E-state index contributed by atoms with van der Waals surface area (Å²) in [5.74, 6) is -0.585. The number of carbonyl (C=O) groups is 2. The van der Waals surface area contributed by atoms with E-state index in [1.807, 2.05) is 16.7 Å². The lowest BCUT2D eigenvalue weighted by Gasteiger charge is -2.25. The Kier molecular flexibility index (Phi) is 7.13. The predicted molar refractivity (Wildman–Crippen MR) is 130 cm³/mol. The molecule has 0 fully saturated rings. The van der Waals surface area contributed by atoms with Crippen LogP contribution in [0.25, 0.3) is 10.9 Å². The van der Waals surface area contributed by atoms with E-state index in [0.717, 1.165) is 34.1 Å². The smallest absolute Gasteiger partial charge is 0.325 e. The van der Waals surface area contributed by atoms with Gasteiger partial charge in [-0.05, 0) is 96.7 Å². The van der Waals surface area contributed by atoms with Crippen LogP contribution >= 0.6 is 22.6 Å². The molecule has 1 aliphatic rings. The number of hydrogen-bond donors (Lipinski definition) is 1. The van der Waals surface area contributed by atoms with Crippen molar-refractivity contribution in [3.63, 3.8) is 0 Å². The molecule has 0 radical (unpaired) electrons. The maximum Gasteiger partial charge on any atom is 0.325 e. The largest absolute Gasteiger partial charge is 0.465 e. The summed E-state index contributed by atoms with van der Waals surface area (Å²) in [4.78, 5) is 24.7. The van der Waals surface area contributed by atoms with E-state index < -0.39 is 0 Å². The number of nitrogens with zero attached hydrogens (tertiary/aromatic N) is 1. The number of hydrogen-bond acceptors (Lipinski definition) is 3. The molecule has 0 unspecified atom stereocenters. The van der Waals surface area contributed by atoms with E-state index in [2.05, 4.69) is 40.0 Å². The standard InChI is InChI=1S/C25H26FIN2O3/c1-2-32-25(31)15-29-22-10-6-17(26)13-20(22)21-14-19(9-11-23(21)29)28-24(30)12-5-16-3-7-18(27)8-4-16/h3-4,6-8,10,13,19H,2,5,9,11-12,14-15H2,1H3,(H,28,30)/t19-/m0/s1. The van der Waals surface area contributed by atoms with Gasteiger partial charge < -0.3 is 14.6 Å². The summed E-state index contributed by atoms with van der Waals surface area (Å²) in [7, 11) is 0. The van der Waals surface area contributed by atoms with Crippen LogP contribution < -0.4 is 5.32 Å². The van der Waals surface area contributed by atoms with E-state index in [1.54, 1.807) is 13.0 Å². The van der Waals surface area contributed by atoms with Gasteiger partial charge in [-0.3, -0.25) is 9.59 Å². The third-order valence-corrected chi connectivity index (χ3v) is 6.66. The highest BCUT2D eigenvalue weighted by molar-refractivity contribution is 14.1. The first-order valence-corrected chi connectivity index (χ1v) is 12.0. The summed E-state index contributed by atoms with van der Waals surface area (Å²) in [5, 5.41) is 3.96. The Labute approximate surface area is 200 Å². The van der Waals surface area contributed by atoms with Gasteiger partial charge in [-0.2, -0.15) is 0 Å². The highest BCUT2D eigenvalue weighted by Gasteiger charge is 2.27. The van der Waals surface area contributed by atoms with Gasteiger partial charge in [0, 0.05) is 32.6 Å². The Bertz CT molecular complexity index is 1140. The molecule has 4 rings (SSSR count). The lowest BCUT2D eigenvalue weighted by molar-refractivity contribution is -0.143. The minimum atomic E-state index is -0.308. The molecule has 1 N–H and O–H groups in total. The lowest BCUT2D eigenvalue weighted by Crippen LogP contribution is -2.39. The van der Waals surface area contributed by atoms with Crippen LogP contribution in [0.1, 0.15) is 36.6 Å². The van der Waals surface area contributed by atoms with Crippen molar-refractivity contribution in [3.8, 4) is 0 Å². The fourth-order valence-electron chi connectivity index (χ4n) is 4.47. The monoisotopic (exact) mass is 548 g/mol. The number of amides is 1. The maximum absolute atomic E-state index is 14.0. The van der Waals surface area contributed by atoms with E-state index >= 15 is 0 Å². The molecular weight excluding hydrogens is 522 g/mol. The van der Waals surface area contributed by atoms with Crippen molar-refractivity contribution in [2.45, 2.75) is 51.6 Å². The number of benzene rings is 2. The molecule has 1 amide bonds. The van der Waals surface area contributed by atoms with Gasteiger partial charge in [-0.25, -0.2) is 4.39 Å². The van der Waals surface area contributed by atoms with Crippen LogP contribution in [0.3, 0.4) is 0 Å². The van der Waals surface area contributed by atoms with Gasteiger partial charge in [-0.1, -0.05) is 12.1 Å². The zero-order valence-corrected chi connectivity index (χ0v) is 20.2. The van der Waals surface area contributed by atoms with E-state index in [0.29, 0.717) is 32.3 Å². The van der Waals surface area contributed by atoms with Crippen LogP contribution in [-0.2, 0) is 40.1 Å². The Morgan fingerprint density at radius 3 is 2.75 bits per heavy atom. The Hall–Kier alpha value is -2.42. The molecule has 0 aliphatic heterocycles. The number of aromatic nitrogens is 1. The van der Waals surface area contributed by atoms with Gasteiger partial charge in [0.15, 0.2) is 0 Å². The van der Waals surface area contributed by atoms with Crippen LogP contribution in [0, 0.1) is 9.39 Å². The van der Waals surface area contributed by atoms with Crippen molar-refractivity contribution in [1.82, 2.24) is 9.88 Å². The van der Waals surface area contributed by atoms with E-state index in [1.165, 1.54) is 15.7 Å². The highest BCUT2D eigenvalue weighted by atomic mass is 127. The molecule has 1 heterocycles. The number of rotatable bonds is 7. The van der Waals surface area contributed by atoms with Crippen molar-refractivity contribution in [1.29, 1.82) is 0 Å². The molecular formula is C25H26FIN2O3. The quantitative estimate of drug-likeness (QED) is 0.348. The average Bonchev–Trinajstić information content (AvgIpc) is 3.06. The lowest BCUT2D eigenvalue weighted by atomic mass is 9.91. The average molecular weight is 548 g/mol. The summed E-state index contributed by atoms with van der Waals surface area (Å²) < 4.78 is 22.3. The van der Waals surface area contributed by atoms with Crippen molar-refractivity contribution < 1.29 is 18.7 Å². The van der Waals surface area contributed by atoms with E-state index in [9.17, 15) is 14.0 Å². The molecule has 1 aromatic heterocycles. The van der Waals surface area contributed by atoms with Gasteiger partial charge >= 0.3 is 5.97 Å². The number of fused-ring (bicyclic) bond motifs is 3. The Balaban J connectivity index is 1.48. The van der Waals surface area contributed by atoms with Crippen molar-refractivity contribution >= 4 is 45.4 Å². The van der Waals surface area contributed by atoms with Crippen LogP contribution in [0.4, 0.5) is 4.39 Å². The van der Waals surface area contributed by atoms with Crippen LogP contribution in [0.15, 0.2) is 42.5 Å². The third-order valence-electron chi connectivity index (χ3n) is 5.94. The third kappa shape index (κ3) is 5.14. The fraction of sp³-hybridized carbons (Fsp3) is 0.360. The van der Waals surface area contributed by atoms with Gasteiger partial charge in [0.25, 0.3) is 0 Å². The number of aryl methyl sites for hydroxylation is 1. The van der Waals surface area contributed by atoms with Crippen molar-refractivity contribution in [2.75, 3.05) is 6.61 Å². The van der Waals surface area contributed by atoms with Crippen LogP contribution in [0.2, 0.25) is 0 Å². The Morgan fingerprint density at radius 1 is 1.22 bits per heavy atom. The minimum absolute atomic E-state index is 0.00312. The van der Waals surface area contributed by atoms with Crippen molar-refractivity contribution in [2.24, 2.45) is 0 Å². The second-order valence-electron chi connectivity index (χ2n) is 8.11. The molecule has 0 spiro atoms. The second-order valence-corrected chi connectivity index (χ2v) is 9.36. The van der Waals surface area contributed by atoms with Gasteiger partial charge in [0.2, 0.25) is 5.91 Å². The summed E-state index contributed by atoms with van der Waals surface area (Å²) in [6.07, 6.45) is 3.26. The normalized spacial score (nSPS) is 15.4. The molecule has 0 bridgehead atoms. The molecule has 2 aromatic carbocycles. The summed E-state index contributed by atoms with van der Waals surface area (Å²) >= 11 is 2.26. The first-order chi connectivity index (χ1) is 15.4. The molecule has 5 nitrogen and oxygen atoms in total. The molecule has 0 saturated carbocycles. The molecule has 168 valence electrons. The molecule has 3 aromatic rings. The van der Waals surface area contributed by atoms with Crippen LogP contribution in [-0.4, -0.2) is 29.1 Å². The topological polar surface area (TPSA) is 60.3 Å². The first-order valence-electron chi connectivity index (χ1n) is 10.9. The van der Waals surface area contributed by atoms with Gasteiger partial charge in [0.1, 0.15) is 12.4 Å². The summed E-state index contributed by atoms with van der Waals surface area (Å²) in [5.41, 5.74) is 4.01. The SMILES string of the molecule is CCOC(=O)Cn1c2c(c3cc(F)ccc31)C[C@@H](NC(=O)CCc1ccc(I)cc1)CC2. The number of carbonyl (C=O) groups excluding carboxylic acids is 2. The molecule has 1 atom stereocenters. The molecule has 32 heavy (non-hydrogen) atoms. The summed E-state index contributed by atoms with van der Waals surface area (Å²) in [6, 6.07) is 12.8. The van der Waals surface area contributed by atoms with Crippen molar-refractivity contribution in [3.05, 3.63) is 68.7 Å². The predicted octanol–water partition coefficient (Wildman–Crippen LogP) is 4.55.